The van der Waals surface area contributed by atoms with Gasteiger partial charge in [0.1, 0.15) is 5.15 Å². The Hall–Kier alpha value is -2.72. The molecule has 1 fully saturated rings. The third-order valence-electron chi connectivity index (χ3n) is 7.35. The molecule has 40 heavy (non-hydrogen) atoms. The summed E-state index contributed by atoms with van der Waals surface area (Å²) >= 11 is 11.8. The number of nitrogens with zero attached hydrogens (tertiary/aromatic N) is 3. The normalized spacial score (nSPS) is 17.0. The third kappa shape index (κ3) is 6.77. The van der Waals surface area contributed by atoms with Gasteiger partial charge in [0.05, 0.1) is 5.69 Å². The lowest BCUT2D eigenvalue weighted by Gasteiger charge is -2.40. The van der Waals surface area contributed by atoms with Crippen LogP contribution in [0.4, 0.5) is 23.7 Å². The summed E-state index contributed by atoms with van der Waals surface area (Å²) in [5.74, 6) is 0. The van der Waals surface area contributed by atoms with Gasteiger partial charge >= 0.3 is 11.5 Å². The fourth-order valence-electron chi connectivity index (χ4n) is 5.44. The summed E-state index contributed by atoms with van der Waals surface area (Å²) in [5, 5.41) is 3.90. The second-order valence-corrected chi connectivity index (χ2v) is 11.9. The van der Waals surface area contributed by atoms with Crippen LogP contribution in [0.25, 0.3) is 6.08 Å². The van der Waals surface area contributed by atoms with E-state index in [1.54, 1.807) is 35.4 Å². The molecule has 0 aliphatic carbocycles. The maximum Gasteiger partial charge on any atom is 0.446 e. The number of halogens is 5. The second-order valence-electron chi connectivity index (χ2n) is 9.96. The average Bonchev–Trinajstić information content (AvgIpc) is 3.24. The van der Waals surface area contributed by atoms with Gasteiger partial charge in [-0.05, 0) is 90.8 Å². The van der Waals surface area contributed by atoms with Crippen LogP contribution in [0.3, 0.4) is 0 Å². The molecular formula is C29H27Cl2F3N4OS. The lowest BCUT2D eigenvalue weighted by atomic mass is 9.74. The Balaban J connectivity index is 1.33. The van der Waals surface area contributed by atoms with Gasteiger partial charge in [0.25, 0.3) is 0 Å². The van der Waals surface area contributed by atoms with Crippen LogP contribution < -0.4 is 10.2 Å². The number of hydrogen-bond acceptors (Lipinski definition) is 4. The molecule has 1 saturated heterocycles. The molecule has 2 aliphatic heterocycles. The monoisotopic (exact) mass is 606 g/mol. The van der Waals surface area contributed by atoms with Crippen molar-refractivity contribution in [2.75, 3.05) is 31.1 Å². The van der Waals surface area contributed by atoms with Crippen LogP contribution in [0.15, 0.2) is 71.8 Å². The van der Waals surface area contributed by atoms with Gasteiger partial charge < -0.3 is 5.32 Å². The molecule has 3 heterocycles. The Morgan fingerprint density at radius 1 is 1.10 bits per heavy atom. The molecule has 2 amide bonds. The van der Waals surface area contributed by atoms with Crippen LogP contribution in [0, 0.1) is 0 Å². The van der Waals surface area contributed by atoms with Gasteiger partial charge in [0.15, 0.2) is 0 Å². The van der Waals surface area contributed by atoms with E-state index in [2.05, 4.69) is 21.3 Å². The zero-order chi connectivity index (χ0) is 28.3. The van der Waals surface area contributed by atoms with Crippen molar-refractivity contribution < 1.29 is 18.0 Å². The zero-order valence-corrected chi connectivity index (χ0v) is 23.8. The Morgan fingerprint density at radius 3 is 2.55 bits per heavy atom. The quantitative estimate of drug-likeness (QED) is 0.230. The number of pyridine rings is 1. The average molecular weight is 608 g/mol. The molecule has 1 N–H and O–H groups in total. The van der Waals surface area contributed by atoms with E-state index in [-0.39, 0.29) is 29.2 Å². The molecule has 0 bridgehead atoms. The minimum atomic E-state index is -4.43. The summed E-state index contributed by atoms with van der Waals surface area (Å²) in [6.45, 7) is 2.70. The van der Waals surface area contributed by atoms with Crippen molar-refractivity contribution in [2.24, 2.45) is 0 Å². The van der Waals surface area contributed by atoms with E-state index < -0.39 is 10.9 Å². The van der Waals surface area contributed by atoms with E-state index in [1.165, 1.54) is 6.07 Å². The first kappa shape index (κ1) is 28.8. The predicted molar refractivity (Wildman–Crippen MR) is 155 cm³/mol. The highest BCUT2D eigenvalue weighted by Gasteiger charge is 2.49. The zero-order valence-electron chi connectivity index (χ0n) is 21.4. The molecule has 3 aromatic rings. The van der Waals surface area contributed by atoms with Crippen LogP contribution >= 0.6 is 35.0 Å². The lowest BCUT2D eigenvalue weighted by molar-refractivity contribution is -0.0328. The number of thioether (sulfide) groups is 1. The Kier molecular flexibility index (Phi) is 8.66. The number of urea groups is 1. The van der Waals surface area contributed by atoms with E-state index in [0.29, 0.717) is 53.9 Å². The molecule has 2 aromatic carbocycles. The molecule has 1 aromatic heterocycles. The molecule has 1 spiro atoms. The minimum Gasteiger partial charge on any atom is -0.334 e. The largest absolute Gasteiger partial charge is 0.446 e. The first-order chi connectivity index (χ1) is 19.1. The maximum absolute atomic E-state index is 13.6. The molecule has 0 saturated carbocycles. The van der Waals surface area contributed by atoms with Crippen LogP contribution in [-0.4, -0.2) is 47.6 Å². The van der Waals surface area contributed by atoms with Gasteiger partial charge in [-0.15, -0.1) is 0 Å². The van der Waals surface area contributed by atoms with Crippen LogP contribution in [0.2, 0.25) is 10.2 Å². The molecule has 0 atom stereocenters. The summed E-state index contributed by atoms with van der Waals surface area (Å²) in [7, 11) is 0. The van der Waals surface area contributed by atoms with E-state index >= 15 is 0 Å². The van der Waals surface area contributed by atoms with Gasteiger partial charge in [-0.25, -0.2) is 9.78 Å². The van der Waals surface area contributed by atoms with E-state index in [4.69, 9.17) is 23.2 Å². The highest BCUT2D eigenvalue weighted by molar-refractivity contribution is 8.00. The molecule has 5 rings (SSSR count). The van der Waals surface area contributed by atoms with Gasteiger partial charge in [0.2, 0.25) is 0 Å². The van der Waals surface area contributed by atoms with Crippen molar-refractivity contribution in [1.29, 1.82) is 0 Å². The number of carbonyl (C=O) groups excluding carboxylic acids is 1. The van der Waals surface area contributed by atoms with Crippen molar-refractivity contribution in [2.45, 2.75) is 35.2 Å². The van der Waals surface area contributed by atoms with Crippen molar-refractivity contribution in [3.05, 3.63) is 93.7 Å². The highest BCUT2D eigenvalue weighted by Crippen LogP contribution is 2.53. The van der Waals surface area contributed by atoms with E-state index in [1.807, 2.05) is 30.3 Å². The van der Waals surface area contributed by atoms with E-state index in [0.717, 1.165) is 17.7 Å². The Labute approximate surface area is 245 Å². The van der Waals surface area contributed by atoms with Crippen molar-refractivity contribution in [3.8, 4) is 0 Å². The van der Waals surface area contributed by atoms with Crippen molar-refractivity contribution in [1.82, 2.24) is 15.2 Å². The van der Waals surface area contributed by atoms with Crippen LogP contribution in [-0.2, 0) is 12.0 Å². The number of amides is 2. The van der Waals surface area contributed by atoms with Gasteiger partial charge in [-0.3, -0.25) is 9.80 Å². The van der Waals surface area contributed by atoms with Crippen molar-refractivity contribution in [3.63, 3.8) is 0 Å². The SMILES string of the molecule is O=C(NCc1ccnc(Cl)c1)N1CC2(CCN(CC=Cc3ccc(Cl)cc3)CC2)c2c(SC(F)(F)F)cccc21. The number of alkyl halides is 3. The Bertz CT molecular complexity index is 1390. The number of hydrogen-bond donors (Lipinski definition) is 1. The molecule has 5 nitrogen and oxygen atoms in total. The third-order valence-corrected chi connectivity index (χ3v) is 8.60. The number of nitrogens with one attached hydrogen (secondary N) is 1. The summed E-state index contributed by atoms with van der Waals surface area (Å²) in [4.78, 5) is 21.3. The van der Waals surface area contributed by atoms with Crippen LogP contribution in [0.5, 0.6) is 0 Å². The summed E-state index contributed by atoms with van der Waals surface area (Å²) in [5.41, 5.74) is -2.00. The molecular weight excluding hydrogens is 580 g/mol. The summed E-state index contributed by atoms with van der Waals surface area (Å²) in [6, 6.07) is 15.5. The minimum absolute atomic E-state index is 0.102. The summed E-state index contributed by atoms with van der Waals surface area (Å²) in [6.07, 6.45) is 6.97. The standard InChI is InChI=1S/C29H27Cl2F3N4OS/c30-22-8-6-20(7-9-22)3-2-14-37-15-11-28(12-16-37)19-38(27(39)36-18-21-10-13-35-25(31)17-21)23-4-1-5-24(26(23)28)40-29(32,33)34/h1-10,13,17H,11-12,14-16,18-19H2,(H,36,39). The molecule has 2 aliphatic rings. The van der Waals surface area contributed by atoms with Crippen LogP contribution in [0.1, 0.15) is 29.5 Å². The lowest BCUT2D eigenvalue weighted by Crippen LogP contribution is -2.47. The van der Waals surface area contributed by atoms with Gasteiger partial charge in [-0.1, -0.05) is 53.6 Å². The van der Waals surface area contributed by atoms with Crippen molar-refractivity contribution >= 4 is 52.8 Å². The number of piperidine rings is 1. The first-order valence-electron chi connectivity index (χ1n) is 12.8. The smallest absolute Gasteiger partial charge is 0.334 e. The number of rotatable bonds is 6. The van der Waals surface area contributed by atoms with Gasteiger partial charge in [0, 0.05) is 41.2 Å². The maximum atomic E-state index is 13.6. The summed E-state index contributed by atoms with van der Waals surface area (Å²) < 4.78 is 40.7. The number of anilines is 1. The predicted octanol–water partition coefficient (Wildman–Crippen LogP) is 7.78. The topological polar surface area (TPSA) is 48.5 Å². The molecule has 210 valence electrons. The Morgan fingerprint density at radius 2 is 1.85 bits per heavy atom. The molecule has 11 heteroatoms. The van der Waals surface area contributed by atoms with Gasteiger partial charge in [-0.2, -0.15) is 13.2 Å². The number of fused-ring (bicyclic) bond motifs is 2. The first-order valence-corrected chi connectivity index (χ1v) is 14.4. The number of aromatic nitrogens is 1. The fraction of sp³-hybridized carbons (Fsp3) is 0.310. The number of likely N-dealkylation sites (tertiary alicyclic amines) is 1. The fourth-order valence-corrected chi connectivity index (χ4v) is 6.59. The molecule has 0 radical (unpaired) electrons. The molecule has 0 unspecified atom stereocenters. The second kappa shape index (κ2) is 12.0. The van der Waals surface area contributed by atoms with E-state index in [9.17, 15) is 18.0 Å². The number of carbonyl (C=O) groups is 1. The number of benzene rings is 2. The highest BCUT2D eigenvalue weighted by atomic mass is 35.5.